The summed E-state index contributed by atoms with van der Waals surface area (Å²) in [7, 11) is 0. The predicted octanol–water partition coefficient (Wildman–Crippen LogP) is 2.28. The largest absolute Gasteiger partial charge is 0.0528 e. The maximum Gasteiger partial charge on any atom is -0.0137 e. The molecule has 0 aromatic carbocycles. The maximum atomic E-state index is 3.45. The van der Waals surface area contributed by atoms with Crippen LogP contribution in [0.3, 0.4) is 0 Å². The summed E-state index contributed by atoms with van der Waals surface area (Å²) in [6.45, 7) is 0. The van der Waals surface area contributed by atoms with Gasteiger partial charge in [0.15, 0.2) is 0 Å². The van der Waals surface area contributed by atoms with E-state index >= 15 is 0 Å². The van der Waals surface area contributed by atoms with Crippen molar-refractivity contribution in [1.29, 1.82) is 0 Å². The SMILES string of the molecule is [C]1CCC1C1CCC1. The molecule has 0 heterocycles. The van der Waals surface area contributed by atoms with Crippen molar-refractivity contribution in [1.82, 2.24) is 0 Å². The first-order valence-corrected chi connectivity index (χ1v) is 3.70. The summed E-state index contributed by atoms with van der Waals surface area (Å²) in [5, 5.41) is 0. The van der Waals surface area contributed by atoms with Gasteiger partial charge >= 0.3 is 0 Å². The van der Waals surface area contributed by atoms with Crippen LogP contribution < -0.4 is 0 Å². The molecule has 44 valence electrons. The van der Waals surface area contributed by atoms with Crippen LogP contribution in [0.2, 0.25) is 0 Å². The first kappa shape index (κ1) is 4.84. The second-order valence-electron chi connectivity index (χ2n) is 3.04. The van der Waals surface area contributed by atoms with Crippen LogP contribution >= 0.6 is 0 Å². The van der Waals surface area contributed by atoms with Crippen LogP contribution in [0.4, 0.5) is 0 Å². The van der Waals surface area contributed by atoms with E-state index in [4.69, 9.17) is 0 Å². The van der Waals surface area contributed by atoms with Crippen molar-refractivity contribution in [2.45, 2.75) is 32.1 Å². The minimum absolute atomic E-state index is 0.934. The first-order chi connectivity index (χ1) is 3.97. The third-order valence-electron chi connectivity index (χ3n) is 2.58. The first-order valence-electron chi connectivity index (χ1n) is 3.70. The van der Waals surface area contributed by atoms with Gasteiger partial charge in [0.2, 0.25) is 0 Å². The van der Waals surface area contributed by atoms with Gasteiger partial charge in [-0.25, -0.2) is 0 Å². The lowest BCUT2D eigenvalue weighted by Gasteiger charge is -2.38. The molecule has 0 amide bonds. The minimum Gasteiger partial charge on any atom is -0.0528 e. The average Bonchev–Trinajstić information content (AvgIpc) is 1.47. The topological polar surface area (TPSA) is 0 Å². The van der Waals surface area contributed by atoms with E-state index in [1.165, 1.54) is 32.1 Å². The zero-order valence-electron chi connectivity index (χ0n) is 5.19. The molecule has 0 N–H and O–H groups in total. The molecule has 1 atom stereocenters. The molecule has 1 unspecified atom stereocenters. The van der Waals surface area contributed by atoms with Gasteiger partial charge in [0.25, 0.3) is 0 Å². The maximum absolute atomic E-state index is 3.45. The van der Waals surface area contributed by atoms with Crippen molar-refractivity contribution in [3.63, 3.8) is 0 Å². The van der Waals surface area contributed by atoms with Gasteiger partial charge in [-0.3, -0.25) is 0 Å². The third kappa shape index (κ3) is 0.586. The quantitative estimate of drug-likeness (QED) is 0.483. The van der Waals surface area contributed by atoms with Crippen LogP contribution in [-0.4, -0.2) is 0 Å². The highest BCUT2D eigenvalue weighted by atomic mass is 14.4. The Labute approximate surface area is 51.3 Å². The van der Waals surface area contributed by atoms with Gasteiger partial charge in [-0.2, -0.15) is 0 Å². The van der Waals surface area contributed by atoms with E-state index in [1.54, 1.807) is 0 Å². The van der Waals surface area contributed by atoms with E-state index < -0.39 is 0 Å². The Morgan fingerprint density at radius 3 is 2.00 bits per heavy atom. The third-order valence-corrected chi connectivity index (χ3v) is 2.58. The van der Waals surface area contributed by atoms with Crippen LogP contribution in [0.25, 0.3) is 0 Å². The molecular formula is C8H12. The van der Waals surface area contributed by atoms with Gasteiger partial charge in [-0.05, 0) is 31.1 Å². The zero-order valence-corrected chi connectivity index (χ0v) is 5.19. The van der Waals surface area contributed by atoms with E-state index in [0.29, 0.717) is 0 Å². The summed E-state index contributed by atoms with van der Waals surface area (Å²) in [4.78, 5) is 0. The van der Waals surface area contributed by atoms with E-state index in [2.05, 4.69) is 6.42 Å². The van der Waals surface area contributed by atoms with Gasteiger partial charge in [0.1, 0.15) is 0 Å². The Morgan fingerprint density at radius 2 is 1.88 bits per heavy atom. The highest BCUT2D eigenvalue weighted by Gasteiger charge is 2.31. The van der Waals surface area contributed by atoms with Gasteiger partial charge in [-0.1, -0.05) is 19.3 Å². The second kappa shape index (κ2) is 1.75. The normalized spacial score (nSPS) is 31.5. The number of rotatable bonds is 1. The molecule has 2 saturated carbocycles. The van der Waals surface area contributed by atoms with Gasteiger partial charge in [0, 0.05) is 0 Å². The standard InChI is InChI=1S/C8H12/c1-3-7(4-1)8-5-2-6-8/h7-8H,1-5H2. The van der Waals surface area contributed by atoms with Gasteiger partial charge in [0.05, 0.1) is 0 Å². The molecule has 0 aliphatic heterocycles. The molecule has 2 aliphatic rings. The monoisotopic (exact) mass is 108 g/mol. The lowest BCUT2D eigenvalue weighted by molar-refractivity contribution is 0.181. The molecule has 0 aromatic rings. The van der Waals surface area contributed by atoms with Crippen LogP contribution in [0.1, 0.15) is 32.1 Å². The van der Waals surface area contributed by atoms with Crippen LogP contribution in [-0.2, 0) is 0 Å². The fourth-order valence-corrected chi connectivity index (χ4v) is 1.56. The van der Waals surface area contributed by atoms with E-state index in [1.807, 2.05) is 0 Å². The predicted molar refractivity (Wildman–Crippen MR) is 33.3 cm³/mol. The van der Waals surface area contributed by atoms with Crippen molar-refractivity contribution in [3.8, 4) is 0 Å². The molecule has 0 saturated heterocycles. The summed E-state index contributed by atoms with van der Waals surface area (Å²) >= 11 is 0. The fourth-order valence-electron chi connectivity index (χ4n) is 1.56. The summed E-state index contributed by atoms with van der Waals surface area (Å²) < 4.78 is 0. The Morgan fingerprint density at radius 1 is 1.12 bits per heavy atom. The Hall–Kier alpha value is 0. The smallest absolute Gasteiger partial charge is 0.0137 e. The molecule has 2 aliphatic carbocycles. The van der Waals surface area contributed by atoms with E-state index in [-0.39, 0.29) is 0 Å². The van der Waals surface area contributed by atoms with Crippen LogP contribution in [0, 0.1) is 18.3 Å². The summed E-state index contributed by atoms with van der Waals surface area (Å²) in [6, 6.07) is 0. The van der Waals surface area contributed by atoms with Crippen molar-refractivity contribution in [2.75, 3.05) is 0 Å². The molecule has 2 rings (SSSR count). The summed E-state index contributed by atoms with van der Waals surface area (Å²) in [5.41, 5.74) is 0. The van der Waals surface area contributed by atoms with Crippen molar-refractivity contribution in [2.24, 2.45) is 11.8 Å². The molecule has 8 heavy (non-hydrogen) atoms. The summed E-state index contributed by atoms with van der Waals surface area (Å²) in [5.74, 6) is 2.01. The van der Waals surface area contributed by atoms with E-state index in [9.17, 15) is 0 Å². The Bertz CT molecular complexity index is 66.0. The number of hydrogen-bond acceptors (Lipinski definition) is 0. The van der Waals surface area contributed by atoms with Gasteiger partial charge < -0.3 is 0 Å². The summed E-state index contributed by atoms with van der Waals surface area (Å²) in [6.07, 6.45) is 10.7. The Kier molecular flexibility index (Phi) is 1.06. The minimum atomic E-state index is 0.934. The van der Waals surface area contributed by atoms with Crippen LogP contribution in [0.5, 0.6) is 0 Å². The zero-order chi connectivity index (χ0) is 5.40. The van der Waals surface area contributed by atoms with Crippen LogP contribution in [0.15, 0.2) is 0 Å². The lowest BCUT2D eigenvalue weighted by atomic mass is 9.67. The molecule has 2 radical (unpaired) electrons. The second-order valence-corrected chi connectivity index (χ2v) is 3.04. The van der Waals surface area contributed by atoms with E-state index in [0.717, 1.165) is 11.8 Å². The molecule has 0 aromatic heterocycles. The molecular weight excluding hydrogens is 96.1 g/mol. The van der Waals surface area contributed by atoms with Crippen molar-refractivity contribution >= 4 is 0 Å². The average molecular weight is 108 g/mol. The number of hydrogen-bond donors (Lipinski definition) is 0. The van der Waals surface area contributed by atoms with Gasteiger partial charge in [-0.15, -0.1) is 0 Å². The molecule has 0 spiro atoms. The molecule has 0 nitrogen and oxygen atoms in total. The highest BCUT2D eigenvalue weighted by molar-refractivity contribution is 4.94. The fraction of sp³-hybridized carbons (Fsp3) is 0.875. The molecule has 2 fully saturated rings. The lowest BCUT2D eigenvalue weighted by Crippen LogP contribution is -2.27. The van der Waals surface area contributed by atoms with Crippen molar-refractivity contribution in [3.05, 3.63) is 6.42 Å². The van der Waals surface area contributed by atoms with Crippen molar-refractivity contribution < 1.29 is 0 Å². The molecule has 0 heteroatoms. The Balaban J connectivity index is 1.79. The molecule has 0 bridgehead atoms. The highest BCUT2D eigenvalue weighted by Crippen LogP contribution is 2.42.